The zero-order valence-corrected chi connectivity index (χ0v) is 10.7. The molecule has 0 saturated heterocycles. The lowest BCUT2D eigenvalue weighted by Crippen LogP contribution is -2.22. The Hall–Kier alpha value is -0.940. The topological polar surface area (TPSA) is 54.1 Å². The van der Waals surface area contributed by atoms with Gasteiger partial charge in [0.05, 0.1) is 7.11 Å². The Morgan fingerprint density at radius 2 is 2.38 bits per heavy atom. The van der Waals surface area contributed by atoms with Crippen LogP contribution in [0.2, 0.25) is 0 Å². The highest BCUT2D eigenvalue weighted by Gasteiger charge is 2.07. The van der Waals surface area contributed by atoms with Crippen molar-refractivity contribution in [3.05, 3.63) is 23.5 Å². The van der Waals surface area contributed by atoms with E-state index in [0.717, 1.165) is 18.8 Å². The first kappa shape index (κ1) is 13.1. The number of ether oxygens (including phenoxy) is 1. The third-order valence-corrected chi connectivity index (χ3v) is 3.27. The van der Waals surface area contributed by atoms with Gasteiger partial charge in [0.1, 0.15) is 5.69 Å². The highest BCUT2D eigenvalue weighted by Crippen LogP contribution is 2.05. The van der Waals surface area contributed by atoms with Crippen molar-refractivity contribution >= 4 is 17.7 Å². The third-order valence-electron chi connectivity index (χ3n) is 2.30. The molecule has 2 N–H and O–H groups in total. The smallest absolute Gasteiger partial charge is 0.354 e. The lowest BCUT2D eigenvalue weighted by molar-refractivity contribution is 0.0594. The molecule has 0 saturated carbocycles. The predicted octanol–water partition coefficient (Wildman–Crippen LogP) is 1.64. The van der Waals surface area contributed by atoms with Gasteiger partial charge in [-0.05, 0) is 18.4 Å². The van der Waals surface area contributed by atoms with Gasteiger partial charge in [-0.3, -0.25) is 0 Å². The van der Waals surface area contributed by atoms with Crippen molar-refractivity contribution < 1.29 is 9.53 Å². The van der Waals surface area contributed by atoms with Crippen molar-refractivity contribution in [2.75, 3.05) is 19.9 Å². The highest BCUT2D eigenvalue weighted by molar-refractivity contribution is 7.99. The van der Waals surface area contributed by atoms with Crippen LogP contribution in [0.4, 0.5) is 0 Å². The maximum Gasteiger partial charge on any atom is 0.354 e. The molecule has 0 spiro atoms. The van der Waals surface area contributed by atoms with Crippen molar-refractivity contribution in [3.63, 3.8) is 0 Å². The second-order valence-corrected chi connectivity index (χ2v) is 4.84. The van der Waals surface area contributed by atoms with Crippen LogP contribution in [0.5, 0.6) is 0 Å². The molecule has 90 valence electrons. The van der Waals surface area contributed by atoms with Crippen molar-refractivity contribution in [1.29, 1.82) is 0 Å². The molecule has 0 aromatic carbocycles. The molecule has 5 heteroatoms. The average molecular weight is 242 g/mol. The Morgan fingerprint density at radius 3 is 3.00 bits per heavy atom. The van der Waals surface area contributed by atoms with E-state index in [2.05, 4.69) is 28.2 Å². The predicted molar refractivity (Wildman–Crippen MR) is 66.8 cm³/mol. The van der Waals surface area contributed by atoms with E-state index in [-0.39, 0.29) is 5.97 Å². The van der Waals surface area contributed by atoms with Crippen molar-refractivity contribution in [2.45, 2.75) is 18.7 Å². The van der Waals surface area contributed by atoms with Crippen LogP contribution in [-0.4, -0.2) is 36.1 Å². The Balaban J connectivity index is 2.38. The van der Waals surface area contributed by atoms with Crippen molar-refractivity contribution in [2.24, 2.45) is 0 Å². The molecule has 0 amide bonds. The Morgan fingerprint density at radius 1 is 1.62 bits per heavy atom. The van der Waals surface area contributed by atoms with Gasteiger partial charge >= 0.3 is 5.97 Å². The van der Waals surface area contributed by atoms with E-state index in [1.807, 2.05) is 17.8 Å². The zero-order valence-electron chi connectivity index (χ0n) is 9.87. The molecule has 1 rings (SSSR count). The molecular weight excluding hydrogens is 224 g/mol. The molecule has 4 nitrogen and oxygen atoms in total. The molecule has 1 aromatic rings. The van der Waals surface area contributed by atoms with Crippen LogP contribution < -0.4 is 5.32 Å². The van der Waals surface area contributed by atoms with Gasteiger partial charge < -0.3 is 15.0 Å². The normalized spacial score (nSPS) is 12.4. The number of aromatic nitrogens is 1. The van der Waals surface area contributed by atoms with E-state index in [1.54, 1.807) is 6.07 Å². The van der Waals surface area contributed by atoms with Crippen molar-refractivity contribution in [1.82, 2.24) is 10.3 Å². The summed E-state index contributed by atoms with van der Waals surface area (Å²) < 4.78 is 4.62. The third kappa shape index (κ3) is 3.90. The zero-order chi connectivity index (χ0) is 12.0. The summed E-state index contributed by atoms with van der Waals surface area (Å²) in [5.74, 6) is -0.330. The number of esters is 1. The van der Waals surface area contributed by atoms with Crippen LogP contribution in [0.1, 0.15) is 23.1 Å². The number of methoxy groups -OCH3 is 1. The maximum atomic E-state index is 11.2. The van der Waals surface area contributed by atoms with Crippen LogP contribution >= 0.6 is 11.8 Å². The molecular formula is C11H18N2O2S. The summed E-state index contributed by atoms with van der Waals surface area (Å²) in [6.07, 6.45) is 2.09. The van der Waals surface area contributed by atoms with Gasteiger partial charge in [0.25, 0.3) is 0 Å². The number of H-pyrrole nitrogens is 1. The van der Waals surface area contributed by atoms with Crippen LogP contribution in [0, 0.1) is 0 Å². The quantitative estimate of drug-likeness (QED) is 0.745. The summed E-state index contributed by atoms with van der Waals surface area (Å²) >= 11 is 1.83. The molecule has 1 unspecified atom stereocenters. The van der Waals surface area contributed by atoms with E-state index in [4.69, 9.17) is 0 Å². The molecule has 0 aliphatic carbocycles. The number of rotatable bonds is 6. The minimum Gasteiger partial charge on any atom is -0.464 e. The van der Waals surface area contributed by atoms with Crippen molar-refractivity contribution in [3.8, 4) is 0 Å². The molecule has 0 aliphatic heterocycles. The minimum absolute atomic E-state index is 0.330. The van der Waals surface area contributed by atoms with Gasteiger partial charge in [-0.15, -0.1) is 0 Å². The lowest BCUT2D eigenvalue weighted by atomic mass is 10.4. The molecule has 1 atom stereocenters. The Kier molecular flexibility index (Phi) is 5.42. The first-order chi connectivity index (χ1) is 7.67. The summed E-state index contributed by atoms with van der Waals surface area (Å²) in [7, 11) is 1.38. The second kappa shape index (κ2) is 6.60. The molecule has 0 aliphatic rings. The fourth-order valence-electron chi connectivity index (χ4n) is 1.27. The summed E-state index contributed by atoms with van der Waals surface area (Å²) in [5.41, 5.74) is 1.49. The number of aromatic amines is 1. The van der Waals surface area contributed by atoms with E-state index < -0.39 is 0 Å². The molecule has 16 heavy (non-hydrogen) atoms. The van der Waals surface area contributed by atoms with Gasteiger partial charge in [0.15, 0.2) is 0 Å². The van der Waals surface area contributed by atoms with E-state index >= 15 is 0 Å². The first-order valence-corrected chi connectivity index (χ1v) is 6.46. The van der Waals surface area contributed by atoms with Gasteiger partial charge in [-0.25, -0.2) is 4.79 Å². The van der Waals surface area contributed by atoms with Gasteiger partial charge in [0, 0.05) is 24.0 Å². The molecule has 0 radical (unpaired) electrons. The SMILES string of the molecule is COC(=O)c1ccc(CNCC(C)SC)[nH]1. The number of hydrogen-bond acceptors (Lipinski definition) is 4. The summed E-state index contributed by atoms with van der Waals surface area (Å²) in [6, 6.07) is 3.63. The Labute approximate surface area is 100 Å². The van der Waals surface area contributed by atoms with Gasteiger partial charge in [-0.2, -0.15) is 11.8 Å². The van der Waals surface area contributed by atoms with E-state index in [1.165, 1.54) is 7.11 Å². The largest absolute Gasteiger partial charge is 0.464 e. The minimum atomic E-state index is -0.330. The van der Waals surface area contributed by atoms with Crippen LogP contribution in [0.15, 0.2) is 12.1 Å². The number of thioether (sulfide) groups is 1. The standard InChI is InChI=1S/C11H18N2O2S/c1-8(16-3)6-12-7-9-4-5-10(13-9)11(14)15-2/h4-5,8,12-13H,6-7H2,1-3H3. The molecule has 1 aromatic heterocycles. The Bertz CT molecular complexity index is 338. The first-order valence-electron chi connectivity index (χ1n) is 5.17. The van der Waals surface area contributed by atoms with Gasteiger partial charge in [0.2, 0.25) is 0 Å². The lowest BCUT2D eigenvalue weighted by Gasteiger charge is -2.08. The maximum absolute atomic E-state index is 11.2. The average Bonchev–Trinajstić information content (AvgIpc) is 2.76. The monoisotopic (exact) mass is 242 g/mol. The fourth-order valence-corrected chi connectivity index (χ4v) is 1.55. The van der Waals surface area contributed by atoms with Crippen LogP contribution in [0.25, 0.3) is 0 Å². The van der Waals surface area contributed by atoms with E-state index in [0.29, 0.717) is 10.9 Å². The van der Waals surface area contributed by atoms with Crippen LogP contribution in [0.3, 0.4) is 0 Å². The molecule has 0 fully saturated rings. The van der Waals surface area contributed by atoms with Crippen LogP contribution in [-0.2, 0) is 11.3 Å². The number of carbonyl (C=O) groups is 1. The summed E-state index contributed by atoms with van der Waals surface area (Å²) in [5, 5.41) is 3.91. The van der Waals surface area contributed by atoms with Gasteiger partial charge in [-0.1, -0.05) is 6.92 Å². The molecule has 0 bridgehead atoms. The number of carbonyl (C=O) groups excluding carboxylic acids is 1. The summed E-state index contributed by atoms with van der Waals surface area (Å²) in [6.45, 7) is 3.86. The highest BCUT2D eigenvalue weighted by atomic mass is 32.2. The number of hydrogen-bond donors (Lipinski definition) is 2. The summed E-state index contributed by atoms with van der Waals surface area (Å²) in [4.78, 5) is 14.2. The van der Waals surface area contributed by atoms with E-state index in [9.17, 15) is 4.79 Å². The number of nitrogens with one attached hydrogen (secondary N) is 2. The molecule has 1 heterocycles. The second-order valence-electron chi connectivity index (χ2n) is 3.57. The fraction of sp³-hybridized carbons (Fsp3) is 0.545.